The van der Waals surface area contributed by atoms with Crippen molar-refractivity contribution >= 4 is 17.4 Å². The average molecular weight is 207 g/mol. The zero-order valence-corrected chi connectivity index (χ0v) is 8.41. The Labute approximate surface area is 85.5 Å². The van der Waals surface area contributed by atoms with Crippen LogP contribution in [0.4, 0.5) is 5.82 Å². The maximum atomic E-state index is 5.65. The molecule has 0 saturated carbocycles. The van der Waals surface area contributed by atoms with Gasteiger partial charge in [0, 0.05) is 0 Å². The van der Waals surface area contributed by atoms with Crippen LogP contribution < -0.4 is 10.5 Å². The number of nitrogens with zero attached hydrogens (tertiary/aromatic N) is 2. The summed E-state index contributed by atoms with van der Waals surface area (Å²) in [4.78, 5) is 0.896. The monoisotopic (exact) mass is 207 g/mol. The molecule has 2 rings (SSSR count). The van der Waals surface area contributed by atoms with E-state index in [1.807, 2.05) is 24.3 Å². The predicted molar refractivity (Wildman–Crippen MR) is 56.3 cm³/mol. The molecule has 2 aromatic rings. The number of anilines is 1. The summed E-state index contributed by atoms with van der Waals surface area (Å²) in [5.74, 6) is 1.30. The first-order chi connectivity index (χ1) is 6.81. The Morgan fingerprint density at radius 2 is 2.00 bits per heavy atom. The zero-order valence-electron chi connectivity index (χ0n) is 7.60. The van der Waals surface area contributed by atoms with E-state index < -0.39 is 0 Å². The number of nitrogen functional groups attached to an aromatic ring is 1. The number of hydrogen-bond donors (Lipinski definition) is 1. The minimum atomic E-state index is 0.472. The Hall–Kier alpha value is -1.62. The molecule has 4 nitrogen and oxygen atoms in total. The fourth-order valence-electron chi connectivity index (χ4n) is 1.14. The van der Waals surface area contributed by atoms with Gasteiger partial charge >= 0.3 is 0 Å². The highest BCUT2D eigenvalue weighted by Crippen LogP contribution is 2.28. The van der Waals surface area contributed by atoms with Crippen molar-refractivity contribution in [3.63, 3.8) is 0 Å². The highest BCUT2D eigenvalue weighted by molar-refractivity contribution is 7.09. The van der Waals surface area contributed by atoms with E-state index in [4.69, 9.17) is 10.5 Å². The highest BCUT2D eigenvalue weighted by Gasteiger charge is 2.06. The summed E-state index contributed by atoms with van der Waals surface area (Å²) in [5, 5.41) is 3.75. The molecule has 0 radical (unpaired) electrons. The van der Waals surface area contributed by atoms with E-state index in [1.165, 1.54) is 11.5 Å². The lowest BCUT2D eigenvalue weighted by Crippen LogP contribution is -1.87. The topological polar surface area (TPSA) is 61.0 Å². The number of benzene rings is 1. The van der Waals surface area contributed by atoms with Gasteiger partial charge in [-0.05, 0) is 41.4 Å². The van der Waals surface area contributed by atoms with E-state index in [9.17, 15) is 0 Å². The average Bonchev–Trinajstić information content (AvgIpc) is 2.65. The molecular formula is C9H9N3OS. The van der Waals surface area contributed by atoms with Crippen molar-refractivity contribution in [2.45, 2.75) is 0 Å². The molecule has 0 unspecified atom stereocenters. The number of methoxy groups -OCH3 is 1. The third-order valence-electron chi connectivity index (χ3n) is 1.87. The number of aromatic nitrogens is 2. The van der Waals surface area contributed by atoms with Gasteiger partial charge < -0.3 is 10.5 Å². The molecule has 1 aromatic heterocycles. The van der Waals surface area contributed by atoms with Crippen LogP contribution in [-0.4, -0.2) is 16.7 Å². The van der Waals surface area contributed by atoms with Crippen molar-refractivity contribution in [2.75, 3.05) is 12.8 Å². The lowest BCUT2D eigenvalue weighted by molar-refractivity contribution is 0.415. The molecule has 72 valence electrons. The summed E-state index contributed by atoms with van der Waals surface area (Å²) >= 11 is 1.29. The Kier molecular flexibility index (Phi) is 2.32. The SMILES string of the molecule is COc1ccc(-c2snnc2N)cc1. The predicted octanol–water partition coefficient (Wildman–Crippen LogP) is 1.80. The normalized spacial score (nSPS) is 10.1. The van der Waals surface area contributed by atoms with Gasteiger partial charge in [-0.25, -0.2) is 0 Å². The molecule has 0 aliphatic carbocycles. The van der Waals surface area contributed by atoms with E-state index >= 15 is 0 Å². The largest absolute Gasteiger partial charge is 0.497 e. The fraction of sp³-hybridized carbons (Fsp3) is 0.111. The van der Waals surface area contributed by atoms with E-state index in [1.54, 1.807) is 7.11 Å². The molecule has 1 aromatic carbocycles. The molecule has 0 amide bonds. The second-order valence-electron chi connectivity index (χ2n) is 2.72. The molecule has 0 bridgehead atoms. The molecule has 0 aliphatic heterocycles. The Morgan fingerprint density at radius 1 is 1.29 bits per heavy atom. The van der Waals surface area contributed by atoms with Gasteiger partial charge in [-0.15, -0.1) is 5.10 Å². The molecule has 0 aliphatic rings. The minimum absolute atomic E-state index is 0.472. The molecule has 0 fully saturated rings. The quantitative estimate of drug-likeness (QED) is 0.815. The van der Waals surface area contributed by atoms with Gasteiger partial charge in [0.05, 0.1) is 12.0 Å². The van der Waals surface area contributed by atoms with E-state index in [0.29, 0.717) is 5.82 Å². The molecule has 0 saturated heterocycles. The van der Waals surface area contributed by atoms with Crippen molar-refractivity contribution < 1.29 is 4.74 Å². The first-order valence-electron chi connectivity index (χ1n) is 4.03. The number of hydrogen-bond acceptors (Lipinski definition) is 5. The first kappa shape index (κ1) is 8.96. The Morgan fingerprint density at radius 3 is 2.50 bits per heavy atom. The summed E-state index contributed by atoms with van der Waals surface area (Å²) < 4.78 is 8.83. The van der Waals surface area contributed by atoms with Crippen molar-refractivity contribution in [1.29, 1.82) is 0 Å². The van der Waals surface area contributed by atoms with Crippen LogP contribution in [0.1, 0.15) is 0 Å². The fourth-order valence-corrected chi connectivity index (χ4v) is 1.73. The number of ether oxygens (including phenoxy) is 1. The molecule has 0 spiro atoms. The number of nitrogens with two attached hydrogens (primary N) is 1. The van der Waals surface area contributed by atoms with Crippen LogP contribution in [0.5, 0.6) is 5.75 Å². The van der Waals surface area contributed by atoms with Crippen molar-refractivity contribution in [3.8, 4) is 16.2 Å². The van der Waals surface area contributed by atoms with Gasteiger partial charge in [0.1, 0.15) is 5.75 Å². The first-order valence-corrected chi connectivity index (χ1v) is 4.81. The summed E-state index contributed by atoms with van der Waals surface area (Å²) in [6, 6.07) is 7.64. The lowest BCUT2D eigenvalue weighted by atomic mass is 10.2. The van der Waals surface area contributed by atoms with Gasteiger partial charge in [0.2, 0.25) is 0 Å². The van der Waals surface area contributed by atoms with Crippen LogP contribution in [0, 0.1) is 0 Å². The van der Waals surface area contributed by atoms with Crippen LogP contribution in [0.2, 0.25) is 0 Å². The van der Waals surface area contributed by atoms with Gasteiger partial charge in [0.15, 0.2) is 5.82 Å². The maximum absolute atomic E-state index is 5.65. The van der Waals surface area contributed by atoms with E-state index in [-0.39, 0.29) is 0 Å². The van der Waals surface area contributed by atoms with Crippen LogP contribution in [-0.2, 0) is 0 Å². The van der Waals surface area contributed by atoms with Crippen LogP contribution in [0.3, 0.4) is 0 Å². The highest BCUT2D eigenvalue weighted by atomic mass is 32.1. The minimum Gasteiger partial charge on any atom is -0.497 e. The summed E-state index contributed by atoms with van der Waals surface area (Å²) in [6.07, 6.45) is 0. The standard InChI is InChI=1S/C9H9N3OS/c1-13-7-4-2-6(3-5-7)8-9(10)11-12-14-8/h2-5H,10H2,1H3. The van der Waals surface area contributed by atoms with Crippen LogP contribution >= 0.6 is 11.5 Å². The third-order valence-corrected chi connectivity index (χ3v) is 2.66. The maximum Gasteiger partial charge on any atom is 0.166 e. The molecule has 0 atom stereocenters. The summed E-state index contributed by atoms with van der Waals surface area (Å²) in [6.45, 7) is 0. The molecule has 14 heavy (non-hydrogen) atoms. The Balaban J connectivity index is 2.39. The van der Waals surface area contributed by atoms with E-state index in [2.05, 4.69) is 9.59 Å². The third kappa shape index (κ3) is 1.54. The smallest absolute Gasteiger partial charge is 0.166 e. The van der Waals surface area contributed by atoms with Crippen molar-refractivity contribution in [2.24, 2.45) is 0 Å². The second-order valence-corrected chi connectivity index (χ2v) is 3.47. The molecule has 1 heterocycles. The lowest BCUT2D eigenvalue weighted by Gasteiger charge is -2.00. The van der Waals surface area contributed by atoms with Gasteiger partial charge in [0.25, 0.3) is 0 Å². The number of rotatable bonds is 2. The zero-order chi connectivity index (χ0) is 9.97. The summed E-state index contributed by atoms with van der Waals surface area (Å²) in [5.41, 5.74) is 6.66. The van der Waals surface area contributed by atoms with Crippen molar-refractivity contribution in [3.05, 3.63) is 24.3 Å². The molecule has 5 heteroatoms. The molecule has 2 N–H and O–H groups in total. The van der Waals surface area contributed by atoms with Gasteiger partial charge in [-0.3, -0.25) is 0 Å². The van der Waals surface area contributed by atoms with E-state index in [0.717, 1.165) is 16.2 Å². The van der Waals surface area contributed by atoms with Crippen LogP contribution in [0.15, 0.2) is 24.3 Å². The Bertz CT molecular complexity index is 424. The molecular weight excluding hydrogens is 198 g/mol. The summed E-state index contributed by atoms with van der Waals surface area (Å²) in [7, 11) is 1.64. The van der Waals surface area contributed by atoms with Crippen LogP contribution in [0.25, 0.3) is 10.4 Å². The van der Waals surface area contributed by atoms with Gasteiger partial charge in [-0.2, -0.15) is 0 Å². The second kappa shape index (κ2) is 3.63. The van der Waals surface area contributed by atoms with Crippen molar-refractivity contribution in [1.82, 2.24) is 9.59 Å². The van der Waals surface area contributed by atoms with Gasteiger partial charge in [-0.1, -0.05) is 4.49 Å².